The lowest BCUT2D eigenvalue weighted by atomic mass is 10.1. The van der Waals surface area contributed by atoms with Crippen LogP contribution in [0, 0.1) is 0 Å². The predicted octanol–water partition coefficient (Wildman–Crippen LogP) is 3.01. The van der Waals surface area contributed by atoms with Crippen LogP contribution in [0.5, 0.6) is 0 Å². The van der Waals surface area contributed by atoms with E-state index in [1.807, 2.05) is 18.2 Å². The van der Waals surface area contributed by atoms with E-state index in [-0.39, 0.29) is 12.1 Å². The van der Waals surface area contributed by atoms with E-state index in [9.17, 15) is 0 Å². The van der Waals surface area contributed by atoms with Crippen molar-refractivity contribution < 1.29 is 9.15 Å². The minimum Gasteiger partial charge on any atom is -0.420 e. The highest BCUT2D eigenvalue weighted by Crippen LogP contribution is 2.29. The Morgan fingerprint density at radius 3 is 2.81 bits per heavy atom. The van der Waals surface area contributed by atoms with Gasteiger partial charge in [0, 0.05) is 6.61 Å². The third kappa shape index (κ3) is 3.31. The molecular weight excluding hydrogens is 266 g/mol. The maximum Gasteiger partial charge on any atom is 0.245 e. The zero-order valence-corrected chi connectivity index (χ0v) is 12.3. The number of ether oxygens (including phenoxy) is 1. The molecule has 1 N–H and O–H groups in total. The summed E-state index contributed by atoms with van der Waals surface area (Å²) in [7, 11) is 0. The fourth-order valence-corrected chi connectivity index (χ4v) is 2.63. The summed E-state index contributed by atoms with van der Waals surface area (Å²) in [6.07, 6.45) is 3.18. The summed E-state index contributed by atoms with van der Waals surface area (Å²) in [5.74, 6) is 1.20. The third-order valence-electron chi connectivity index (χ3n) is 3.70. The van der Waals surface area contributed by atoms with Gasteiger partial charge in [-0.25, -0.2) is 0 Å². The molecule has 3 rings (SSSR count). The molecule has 0 aliphatic carbocycles. The van der Waals surface area contributed by atoms with Gasteiger partial charge in [-0.2, -0.15) is 0 Å². The molecule has 5 nitrogen and oxygen atoms in total. The molecule has 0 saturated carbocycles. The van der Waals surface area contributed by atoms with E-state index >= 15 is 0 Å². The molecule has 1 aliphatic heterocycles. The molecule has 0 spiro atoms. The van der Waals surface area contributed by atoms with Gasteiger partial charge in [-0.1, -0.05) is 37.3 Å². The minimum absolute atomic E-state index is 0.0435. The van der Waals surface area contributed by atoms with Gasteiger partial charge in [-0.05, 0) is 31.4 Å². The van der Waals surface area contributed by atoms with Crippen molar-refractivity contribution >= 4 is 0 Å². The van der Waals surface area contributed by atoms with Crippen molar-refractivity contribution in [3.63, 3.8) is 0 Å². The standard InChI is InChI=1S/C16H21N3O2/c1-2-17-14(12-8-4-3-5-9-12)16-19-18-15(21-16)13-10-6-7-11-20-13/h3-5,8-9,13-14,17H,2,6-7,10-11H2,1H3. The molecule has 1 aromatic heterocycles. The summed E-state index contributed by atoms with van der Waals surface area (Å²) in [5.41, 5.74) is 1.12. The van der Waals surface area contributed by atoms with Crippen molar-refractivity contribution in [1.29, 1.82) is 0 Å². The summed E-state index contributed by atoms with van der Waals surface area (Å²) < 4.78 is 11.6. The number of hydrogen-bond acceptors (Lipinski definition) is 5. The largest absolute Gasteiger partial charge is 0.420 e. The molecule has 21 heavy (non-hydrogen) atoms. The first-order valence-corrected chi connectivity index (χ1v) is 7.61. The number of rotatable bonds is 5. The van der Waals surface area contributed by atoms with E-state index in [1.165, 1.54) is 0 Å². The van der Waals surface area contributed by atoms with Crippen LogP contribution < -0.4 is 5.32 Å². The Kier molecular flexibility index (Phi) is 4.62. The van der Waals surface area contributed by atoms with Crippen LogP contribution in [0.4, 0.5) is 0 Å². The average Bonchev–Trinajstić information content (AvgIpc) is 3.04. The van der Waals surface area contributed by atoms with E-state index in [2.05, 4.69) is 34.6 Å². The quantitative estimate of drug-likeness (QED) is 0.916. The number of benzene rings is 1. The molecule has 5 heteroatoms. The summed E-state index contributed by atoms with van der Waals surface area (Å²) in [5, 5.41) is 11.8. The topological polar surface area (TPSA) is 60.2 Å². The van der Waals surface area contributed by atoms with Crippen LogP contribution >= 0.6 is 0 Å². The first-order valence-electron chi connectivity index (χ1n) is 7.61. The highest BCUT2D eigenvalue weighted by Gasteiger charge is 2.25. The predicted molar refractivity (Wildman–Crippen MR) is 78.8 cm³/mol. The Morgan fingerprint density at radius 1 is 1.24 bits per heavy atom. The second-order valence-corrected chi connectivity index (χ2v) is 5.24. The van der Waals surface area contributed by atoms with Crippen LogP contribution in [-0.2, 0) is 4.74 Å². The molecule has 2 aromatic rings. The van der Waals surface area contributed by atoms with Crippen LogP contribution in [0.25, 0.3) is 0 Å². The zero-order chi connectivity index (χ0) is 14.5. The fourth-order valence-electron chi connectivity index (χ4n) is 2.63. The zero-order valence-electron chi connectivity index (χ0n) is 12.3. The van der Waals surface area contributed by atoms with E-state index in [1.54, 1.807) is 0 Å². The molecule has 1 saturated heterocycles. The molecular formula is C16H21N3O2. The van der Waals surface area contributed by atoms with E-state index in [0.717, 1.165) is 38.0 Å². The van der Waals surface area contributed by atoms with Crippen LogP contribution in [0.1, 0.15) is 55.7 Å². The van der Waals surface area contributed by atoms with Gasteiger partial charge in [0.05, 0.1) is 0 Å². The maximum atomic E-state index is 5.88. The third-order valence-corrected chi connectivity index (χ3v) is 3.70. The molecule has 2 heterocycles. The number of nitrogens with zero attached hydrogens (tertiary/aromatic N) is 2. The Bertz CT molecular complexity index is 550. The molecule has 1 aromatic carbocycles. The molecule has 112 valence electrons. The fraction of sp³-hybridized carbons (Fsp3) is 0.500. The number of hydrogen-bond donors (Lipinski definition) is 1. The molecule has 0 bridgehead atoms. The molecule has 1 fully saturated rings. The monoisotopic (exact) mass is 287 g/mol. The van der Waals surface area contributed by atoms with Gasteiger partial charge in [0.2, 0.25) is 11.8 Å². The lowest BCUT2D eigenvalue weighted by molar-refractivity contribution is -0.00228. The van der Waals surface area contributed by atoms with Gasteiger partial charge >= 0.3 is 0 Å². The van der Waals surface area contributed by atoms with Crippen molar-refractivity contribution in [2.75, 3.05) is 13.2 Å². The highest BCUT2D eigenvalue weighted by atomic mass is 16.5. The number of aromatic nitrogens is 2. The smallest absolute Gasteiger partial charge is 0.245 e. The van der Waals surface area contributed by atoms with Gasteiger partial charge in [-0.15, -0.1) is 10.2 Å². The lowest BCUT2D eigenvalue weighted by Gasteiger charge is -2.19. The van der Waals surface area contributed by atoms with Gasteiger partial charge in [-0.3, -0.25) is 0 Å². The SMILES string of the molecule is CCNC(c1ccccc1)c1nnc(C2CCCCO2)o1. The van der Waals surface area contributed by atoms with Crippen molar-refractivity contribution in [2.24, 2.45) is 0 Å². The molecule has 0 radical (unpaired) electrons. The Balaban J connectivity index is 1.81. The van der Waals surface area contributed by atoms with Crippen LogP contribution in [0.3, 0.4) is 0 Å². The molecule has 1 aliphatic rings. The Hall–Kier alpha value is -1.72. The first-order chi connectivity index (χ1) is 10.4. The van der Waals surface area contributed by atoms with Crippen LogP contribution in [-0.4, -0.2) is 23.3 Å². The summed E-state index contributed by atoms with van der Waals surface area (Å²) in [6.45, 7) is 3.67. The van der Waals surface area contributed by atoms with Crippen molar-refractivity contribution in [1.82, 2.24) is 15.5 Å². The summed E-state index contributed by atoms with van der Waals surface area (Å²) >= 11 is 0. The minimum atomic E-state index is -0.0685. The molecule has 0 amide bonds. The lowest BCUT2D eigenvalue weighted by Crippen LogP contribution is -2.22. The van der Waals surface area contributed by atoms with Gasteiger partial charge in [0.25, 0.3) is 0 Å². The normalized spacial score (nSPS) is 20.3. The van der Waals surface area contributed by atoms with Gasteiger partial charge in [0.1, 0.15) is 12.1 Å². The number of nitrogens with one attached hydrogen (secondary N) is 1. The molecule has 2 atom stereocenters. The second kappa shape index (κ2) is 6.83. The van der Waals surface area contributed by atoms with Gasteiger partial charge in [0.15, 0.2) is 0 Å². The highest BCUT2D eigenvalue weighted by molar-refractivity contribution is 5.23. The van der Waals surface area contributed by atoms with Gasteiger partial charge < -0.3 is 14.5 Å². The molecule has 2 unspecified atom stereocenters. The average molecular weight is 287 g/mol. The van der Waals surface area contributed by atoms with E-state index in [0.29, 0.717) is 11.8 Å². The van der Waals surface area contributed by atoms with E-state index in [4.69, 9.17) is 9.15 Å². The van der Waals surface area contributed by atoms with Crippen molar-refractivity contribution in [3.05, 3.63) is 47.7 Å². The first kappa shape index (κ1) is 14.2. The Morgan fingerprint density at radius 2 is 2.10 bits per heavy atom. The summed E-state index contributed by atoms with van der Waals surface area (Å²) in [6, 6.07) is 10.1. The second-order valence-electron chi connectivity index (χ2n) is 5.24. The van der Waals surface area contributed by atoms with Crippen LogP contribution in [0.2, 0.25) is 0 Å². The van der Waals surface area contributed by atoms with Crippen molar-refractivity contribution in [3.8, 4) is 0 Å². The summed E-state index contributed by atoms with van der Waals surface area (Å²) in [4.78, 5) is 0. The van der Waals surface area contributed by atoms with E-state index < -0.39 is 0 Å². The van der Waals surface area contributed by atoms with Crippen molar-refractivity contribution in [2.45, 2.75) is 38.3 Å². The Labute approximate surface area is 124 Å². The van der Waals surface area contributed by atoms with Crippen LogP contribution in [0.15, 0.2) is 34.7 Å². The maximum absolute atomic E-state index is 5.88.